The van der Waals surface area contributed by atoms with Crippen molar-refractivity contribution in [3.05, 3.63) is 47.5 Å². The van der Waals surface area contributed by atoms with Crippen molar-refractivity contribution >= 4 is 38.9 Å². The van der Waals surface area contributed by atoms with Crippen LogP contribution in [0.25, 0.3) is 0 Å². The summed E-state index contributed by atoms with van der Waals surface area (Å²) in [5.74, 6) is -0.0911. The number of carbonyl (C=O) groups excluding carboxylic acids is 1. The van der Waals surface area contributed by atoms with Crippen LogP contribution in [0.4, 0.5) is 11.4 Å². The van der Waals surface area contributed by atoms with Crippen molar-refractivity contribution in [3.8, 4) is 5.75 Å². The van der Waals surface area contributed by atoms with Gasteiger partial charge < -0.3 is 14.8 Å². The van der Waals surface area contributed by atoms with Crippen LogP contribution in [0.2, 0.25) is 5.02 Å². The minimum atomic E-state index is -3.99. The molecule has 0 bridgehead atoms. The number of carbonyl (C=O) groups is 1. The zero-order valence-corrected chi connectivity index (χ0v) is 16.6. The lowest BCUT2D eigenvalue weighted by molar-refractivity contribution is -0.116. The summed E-state index contributed by atoms with van der Waals surface area (Å²) in [7, 11) is -1.06. The van der Waals surface area contributed by atoms with E-state index in [0.717, 1.165) is 0 Å². The quantitative estimate of drug-likeness (QED) is 0.614. The molecule has 0 aliphatic heterocycles. The van der Waals surface area contributed by atoms with Gasteiger partial charge in [-0.2, -0.15) is 0 Å². The van der Waals surface area contributed by atoms with Crippen LogP contribution < -0.4 is 14.8 Å². The Balaban J connectivity index is 2.26. The zero-order chi connectivity index (χ0) is 19.9. The summed E-state index contributed by atoms with van der Waals surface area (Å²) in [5, 5.41) is 2.94. The lowest BCUT2D eigenvalue weighted by Gasteiger charge is -2.14. The van der Waals surface area contributed by atoms with Gasteiger partial charge in [-0.25, -0.2) is 8.42 Å². The molecule has 9 heteroatoms. The molecule has 0 radical (unpaired) electrons. The molecule has 0 atom stereocenters. The summed E-state index contributed by atoms with van der Waals surface area (Å²) in [6.45, 7) is 0.470. The zero-order valence-electron chi connectivity index (χ0n) is 15.0. The number of rotatable bonds is 9. The number of amides is 1. The number of methoxy groups -OCH3 is 2. The number of hydrogen-bond donors (Lipinski definition) is 2. The molecule has 2 aromatic rings. The Labute approximate surface area is 163 Å². The van der Waals surface area contributed by atoms with Gasteiger partial charge in [0, 0.05) is 25.8 Å². The van der Waals surface area contributed by atoms with E-state index in [4.69, 9.17) is 21.1 Å². The maximum absolute atomic E-state index is 12.8. The normalized spacial score (nSPS) is 11.1. The number of benzene rings is 2. The Morgan fingerprint density at radius 3 is 2.56 bits per heavy atom. The van der Waals surface area contributed by atoms with E-state index in [2.05, 4.69) is 10.0 Å². The third-order valence-electron chi connectivity index (χ3n) is 3.61. The highest BCUT2D eigenvalue weighted by Crippen LogP contribution is 2.30. The number of anilines is 2. The minimum absolute atomic E-state index is 0.111. The summed E-state index contributed by atoms with van der Waals surface area (Å²) in [6, 6.07) is 10.9. The van der Waals surface area contributed by atoms with E-state index in [1.54, 1.807) is 37.4 Å². The molecule has 2 aromatic carbocycles. The molecule has 0 unspecified atom stereocenters. The van der Waals surface area contributed by atoms with Gasteiger partial charge in [0.05, 0.1) is 17.8 Å². The predicted octanol–water partition coefficient (Wildman–Crippen LogP) is 3.51. The SMILES string of the molecule is COCCCC(=O)Nc1ccc(OC)c(S(=O)(=O)Nc2ccccc2Cl)c1. The van der Waals surface area contributed by atoms with Gasteiger partial charge in [-0.05, 0) is 36.8 Å². The number of hydrogen-bond acceptors (Lipinski definition) is 5. The Bertz CT molecular complexity index is 902. The van der Waals surface area contributed by atoms with Crippen LogP contribution in [0.5, 0.6) is 5.75 Å². The molecule has 7 nitrogen and oxygen atoms in total. The van der Waals surface area contributed by atoms with E-state index >= 15 is 0 Å². The lowest BCUT2D eigenvalue weighted by atomic mass is 10.2. The van der Waals surface area contributed by atoms with Gasteiger partial charge in [0.15, 0.2) is 0 Å². The summed E-state index contributed by atoms with van der Waals surface area (Å²) in [4.78, 5) is 11.8. The van der Waals surface area contributed by atoms with Crippen LogP contribution in [0.3, 0.4) is 0 Å². The fourth-order valence-electron chi connectivity index (χ4n) is 2.31. The second-order valence-corrected chi connectivity index (χ2v) is 7.65. The lowest BCUT2D eigenvalue weighted by Crippen LogP contribution is -2.16. The van der Waals surface area contributed by atoms with Crippen molar-refractivity contribution in [2.45, 2.75) is 17.7 Å². The van der Waals surface area contributed by atoms with Crippen molar-refractivity contribution in [2.24, 2.45) is 0 Å². The first-order valence-corrected chi connectivity index (χ1v) is 9.97. The number of para-hydroxylation sites is 1. The van der Waals surface area contributed by atoms with Crippen LogP contribution >= 0.6 is 11.6 Å². The summed E-state index contributed by atoms with van der Waals surface area (Å²) >= 11 is 6.03. The van der Waals surface area contributed by atoms with Gasteiger partial charge in [-0.15, -0.1) is 0 Å². The van der Waals surface area contributed by atoms with Crippen LogP contribution in [0, 0.1) is 0 Å². The van der Waals surface area contributed by atoms with Crippen molar-refractivity contribution in [1.82, 2.24) is 0 Å². The van der Waals surface area contributed by atoms with Crippen LogP contribution in [-0.4, -0.2) is 35.2 Å². The van der Waals surface area contributed by atoms with Gasteiger partial charge in [0.1, 0.15) is 10.6 Å². The van der Waals surface area contributed by atoms with E-state index in [-0.39, 0.29) is 33.7 Å². The Hall–Kier alpha value is -2.29. The van der Waals surface area contributed by atoms with Crippen molar-refractivity contribution < 1.29 is 22.7 Å². The molecule has 2 N–H and O–H groups in total. The van der Waals surface area contributed by atoms with Gasteiger partial charge in [-0.1, -0.05) is 23.7 Å². The van der Waals surface area contributed by atoms with Gasteiger partial charge in [0.2, 0.25) is 5.91 Å². The Morgan fingerprint density at radius 1 is 1.15 bits per heavy atom. The van der Waals surface area contributed by atoms with E-state index in [0.29, 0.717) is 18.7 Å². The highest BCUT2D eigenvalue weighted by Gasteiger charge is 2.21. The molecule has 2 rings (SSSR count). The first kappa shape index (κ1) is 21.0. The second kappa shape index (κ2) is 9.59. The van der Waals surface area contributed by atoms with Crippen LogP contribution in [0.1, 0.15) is 12.8 Å². The number of nitrogens with one attached hydrogen (secondary N) is 2. The van der Waals surface area contributed by atoms with Crippen LogP contribution in [-0.2, 0) is 19.6 Å². The van der Waals surface area contributed by atoms with Crippen molar-refractivity contribution in [3.63, 3.8) is 0 Å². The molecule has 0 aliphatic rings. The standard InChI is InChI=1S/C18H21ClN2O5S/c1-25-11-5-8-18(22)20-13-9-10-16(26-2)17(12-13)27(23,24)21-15-7-4-3-6-14(15)19/h3-4,6-7,9-10,12,21H,5,8,11H2,1-2H3,(H,20,22). The molecule has 0 saturated heterocycles. The molecule has 1 amide bonds. The average molecular weight is 413 g/mol. The molecular formula is C18H21ClN2O5S. The smallest absolute Gasteiger partial charge is 0.265 e. The van der Waals surface area contributed by atoms with Gasteiger partial charge in [-0.3, -0.25) is 9.52 Å². The van der Waals surface area contributed by atoms with E-state index in [1.807, 2.05) is 0 Å². The minimum Gasteiger partial charge on any atom is -0.495 e. The molecule has 146 valence electrons. The number of halogens is 1. The summed E-state index contributed by atoms with van der Waals surface area (Å²) in [5.41, 5.74) is 0.591. The molecule has 0 aliphatic carbocycles. The molecular weight excluding hydrogens is 392 g/mol. The summed E-state index contributed by atoms with van der Waals surface area (Å²) < 4.78 is 38.1. The molecule has 0 aromatic heterocycles. The second-order valence-electron chi connectivity index (χ2n) is 5.60. The van der Waals surface area contributed by atoms with E-state index < -0.39 is 10.0 Å². The topological polar surface area (TPSA) is 93.7 Å². The van der Waals surface area contributed by atoms with E-state index in [1.165, 1.54) is 19.2 Å². The average Bonchev–Trinajstić information content (AvgIpc) is 2.63. The monoisotopic (exact) mass is 412 g/mol. The number of ether oxygens (including phenoxy) is 2. The summed E-state index contributed by atoms with van der Waals surface area (Å²) in [6.07, 6.45) is 0.831. The molecule has 0 fully saturated rings. The molecule has 0 spiro atoms. The van der Waals surface area contributed by atoms with Gasteiger partial charge in [0.25, 0.3) is 10.0 Å². The van der Waals surface area contributed by atoms with Crippen molar-refractivity contribution in [2.75, 3.05) is 30.9 Å². The Kier molecular flexibility index (Phi) is 7.46. The fraction of sp³-hybridized carbons (Fsp3) is 0.278. The Morgan fingerprint density at radius 2 is 1.89 bits per heavy atom. The highest BCUT2D eigenvalue weighted by atomic mass is 35.5. The van der Waals surface area contributed by atoms with Gasteiger partial charge >= 0.3 is 0 Å². The fourth-order valence-corrected chi connectivity index (χ4v) is 3.82. The largest absolute Gasteiger partial charge is 0.495 e. The maximum Gasteiger partial charge on any atom is 0.265 e. The first-order valence-electron chi connectivity index (χ1n) is 8.11. The molecule has 0 saturated carbocycles. The third kappa shape index (κ3) is 5.85. The van der Waals surface area contributed by atoms with Crippen LogP contribution in [0.15, 0.2) is 47.4 Å². The maximum atomic E-state index is 12.8. The third-order valence-corrected chi connectivity index (χ3v) is 5.32. The first-order chi connectivity index (χ1) is 12.9. The predicted molar refractivity (Wildman–Crippen MR) is 105 cm³/mol. The molecule has 27 heavy (non-hydrogen) atoms. The number of sulfonamides is 1. The highest BCUT2D eigenvalue weighted by molar-refractivity contribution is 7.92. The van der Waals surface area contributed by atoms with E-state index in [9.17, 15) is 13.2 Å². The molecule has 0 heterocycles. The van der Waals surface area contributed by atoms with Crippen molar-refractivity contribution in [1.29, 1.82) is 0 Å².